The van der Waals surface area contributed by atoms with E-state index in [1.54, 1.807) is 17.9 Å². The fourth-order valence-corrected chi connectivity index (χ4v) is 0.931. The zero-order chi connectivity index (χ0) is 9.97. The maximum atomic E-state index is 11.4. The third-order valence-corrected chi connectivity index (χ3v) is 1.51. The van der Waals surface area contributed by atoms with Crippen LogP contribution in [0.5, 0.6) is 0 Å². The molecule has 8 nitrogen and oxygen atoms in total. The van der Waals surface area contributed by atoms with Gasteiger partial charge < -0.3 is 5.32 Å². The van der Waals surface area contributed by atoms with Crippen LogP contribution in [0.15, 0.2) is 12.4 Å². The highest BCUT2D eigenvalue weighted by atomic mass is 16.2. The van der Waals surface area contributed by atoms with Crippen molar-refractivity contribution < 1.29 is 4.79 Å². The zero-order valence-electron chi connectivity index (χ0n) is 7.30. The van der Waals surface area contributed by atoms with Crippen LogP contribution in [-0.2, 0) is 7.05 Å². The highest BCUT2D eigenvalue weighted by molar-refractivity contribution is 6.01. The number of amides is 1. The van der Waals surface area contributed by atoms with Crippen molar-refractivity contribution in [3.05, 3.63) is 18.2 Å². The van der Waals surface area contributed by atoms with Crippen LogP contribution in [0.25, 0.3) is 0 Å². The van der Waals surface area contributed by atoms with Crippen molar-refractivity contribution >= 4 is 11.6 Å². The molecule has 0 aliphatic rings. The predicted molar refractivity (Wildman–Crippen MR) is 45.3 cm³/mol. The van der Waals surface area contributed by atoms with Crippen LogP contribution in [0, 0.1) is 0 Å². The van der Waals surface area contributed by atoms with Crippen molar-refractivity contribution in [2.24, 2.45) is 7.05 Å². The van der Waals surface area contributed by atoms with Crippen molar-refractivity contribution in [3.63, 3.8) is 0 Å². The van der Waals surface area contributed by atoms with E-state index < -0.39 is 5.91 Å². The highest BCUT2D eigenvalue weighted by Gasteiger charge is 2.10. The number of nitrogens with one attached hydrogen (secondary N) is 2. The second-order valence-electron chi connectivity index (χ2n) is 2.59. The van der Waals surface area contributed by atoms with Gasteiger partial charge in [0, 0.05) is 13.2 Å². The van der Waals surface area contributed by atoms with E-state index in [9.17, 15) is 4.79 Å². The molecule has 2 heterocycles. The van der Waals surface area contributed by atoms with Gasteiger partial charge in [-0.05, 0) is 5.21 Å². The van der Waals surface area contributed by atoms with E-state index in [2.05, 4.69) is 31.0 Å². The van der Waals surface area contributed by atoms with Crippen molar-refractivity contribution in [3.8, 4) is 0 Å². The number of carbonyl (C=O) groups excluding carboxylic acids is 1. The molecule has 0 fully saturated rings. The number of anilines is 1. The quantitative estimate of drug-likeness (QED) is 0.649. The summed E-state index contributed by atoms with van der Waals surface area (Å²) in [6.07, 6.45) is 3.19. The van der Waals surface area contributed by atoms with Gasteiger partial charge in [-0.3, -0.25) is 9.48 Å². The van der Waals surface area contributed by atoms with Gasteiger partial charge in [-0.25, -0.2) is 0 Å². The minimum absolute atomic E-state index is 0.00569. The maximum absolute atomic E-state index is 11.4. The number of aryl methyl sites for hydroxylation is 1. The Hall–Kier alpha value is -2.25. The van der Waals surface area contributed by atoms with E-state index >= 15 is 0 Å². The Morgan fingerprint density at radius 3 is 3.07 bits per heavy atom. The lowest BCUT2D eigenvalue weighted by Gasteiger charge is -1.95. The number of hydrogen-bond donors (Lipinski definition) is 2. The van der Waals surface area contributed by atoms with E-state index in [1.165, 1.54) is 6.20 Å². The number of nitrogens with zero attached hydrogens (tertiary/aromatic N) is 5. The first-order valence-corrected chi connectivity index (χ1v) is 3.79. The second kappa shape index (κ2) is 3.24. The van der Waals surface area contributed by atoms with E-state index in [-0.39, 0.29) is 5.82 Å². The van der Waals surface area contributed by atoms with Gasteiger partial charge in [-0.2, -0.15) is 10.3 Å². The molecule has 0 atom stereocenters. The first kappa shape index (κ1) is 8.35. The lowest BCUT2D eigenvalue weighted by atomic mass is 10.5. The normalized spacial score (nSPS) is 10.1. The molecule has 0 saturated heterocycles. The third-order valence-electron chi connectivity index (χ3n) is 1.51. The summed E-state index contributed by atoms with van der Waals surface area (Å²) in [5.41, 5.74) is 0.585. The summed E-state index contributed by atoms with van der Waals surface area (Å²) < 4.78 is 1.58. The van der Waals surface area contributed by atoms with E-state index in [4.69, 9.17) is 0 Å². The Kier molecular flexibility index (Phi) is 1.94. The third kappa shape index (κ3) is 1.58. The Balaban J connectivity index is 2.09. The van der Waals surface area contributed by atoms with Crippen molar-refractivity contribution in [2.45, 2.75) is 0 Å². The molecule has 0 aromatic carbocycles. The molecule has 8 heteroatoms. The Bertz CT molecular complexity index is 431. The summed E-state index contributed by atoms with van der Waals surface area (Å²) in [6.45, 7) is 0. The fourth-order valence-electron chi connectivity index (χ4n) is 0.931. The zero-order valence-corrected chi connectivity index (χ0v) is 7.30. The maximum Gasteiger partial charge on any atom is 0.297 e. The van der Waals surface area contributed by atoms with Crippen LogP contribution in [0.1, 0.15) is 10.6 Å². The Labute approximate surface area is 78.3 Å². The van der Waals surface area contributed by atoms with Gasteiger partial charge >= 0.3 is 0 Å². The standard InChI is InChI=1S/C6H7N7O/c1-13-3-4(2-7-13)8-6(14)5-9-11-12-10-5/h2-3H,1H3,(H,8,14)(H,9,10,11,12). The second-order valence-corrected chi connectivity index (χ2v) is 2.59. The molecule has 14 heavy (non-hydrogen) atoms. The molecule has 0 spiro atoms. The van der Waals surface area contributed by atoms with E-state index in [0.717, 1.165) is 0 Å². The van der Waals surface area contributed by atoms with Crippen molar-refractivity contribution in [1.82, 2.24) is 30.4 Å². The van der Waals surface area contributed by atoms with Gasteiger partial charge in [0.1, 0.15) is 0 Å². The lowest BCUT2D eigenvalue weighted by Crippen LogP contribution is -2.13. The van der Waals surface area contributed by atoms with Crippen LogP contribution in [-0.4, -0.2) is 36.3 Å². The molecule has 0 aliphatic heterocycles. The van der Waals surface area contributed by atoms with Gasteiger partial charge in [0.25, 0.3) is 11.7 Å². The minimum Gasteiger partial charge on any atom is -0.316 e. The van der Waals surface area contributed by atoms with Gasteiger partial charge in [0.2, 0.25) is 0 Å². The first-order chi connectivity index (χ1) is 6.75. The van der Waals surface area contributed by atoms with Crippen LogP contribution in [0.2, 0.25) is 0 Å². The number of rotatable bonds is 2. The molecular weight excluding hydrogens is 186 g/mol. The molecule has 72 valence electrons. The van der Waals surface area contributed by atoms with E-state index in [0.29, 0.717) is 5.69 Å². The van der Waals surface area contributed by atoms with E-state index in [1.807, 2.05) is 0 Å². The molecule has 0 unspecified atom stereocenters. The lowest BCUT2D eigenvalue weighted by molar-refractivity contribution is 0.101. The number of hydrogen-bond acceptors (Lipinski definition) is 5. The number of H-pyrrole nitrogens is 1. The SMILES string of the molecule is Cn1cc(NC(=O)c2nn[nH]n2)cn1. The topological polar surface area (TPSA) is 101 Å². The number of carbonyl (C=O) groups is 1. The average Bonchev–Trinajstić information content (AvgIpc) is 2.75. The largest absolute Gasteiger partial charge is 0.316 e. The molecule has 0 bridgehead atoms. The molecule has 0 radical (unpaired) electrons. The predicted octanol–water partition coefficient (Wildman–Crippen LogP) is -0.815. The summed E-state index contributed by atoms with van der Waals surface area (Å²) in [5, 5.41) is 19.0. The molecule has 2 aromatic rings. The molecule has 1 amide bonds. The van der Waals surface area contributed by atoms with Gasteiger partial charge in [0.05, 0.1) is 11.9 Å². The van der Waals surface area contributed by atoms with Gasteiger partial charge in [0.15, 0.2) is 0 Å². The summed E-state index contributed by atoms with van der Waals surface area (Å²) in [6, 6.07) is 0. The van der Waals surface area contributed by atoms with Crippen LogP contribution in [0.4, 0.5) is 5.69 Å². The highest BCUT2D eigenvalue weighted by Crippen LogP contribution is 2.04. The minimum atomic E-state index is -0.424. The summed E-state index contributed by atoms with van der Waals surface area (Å²) in [7, 11) is 1.75. The molecule has 2 aromatic heterocycles. The van der Waals surface area contributed by atoms with Crippen molar-refractivity contribution in [1.29, 1.82) is 0 Å². The molecular formula is C6H7N7O. The van der Waals surface area contributed by atoms with Crippen LogP contribution in [0.3, 0.4) is 0 Å². The summed E-state index contributed by atoms with van der Waals surface area (Å²) in [5.74, 6) is -0.430. The summed E-state index contributed by atoms with van der Waals surface area (Å²) >= 11 is 0. The Morgan fingerprint density at radius 2 is 2.50 bits per heavy atom. The van der Waals surface area contributed by atoms with Gasteiger partial charge in [-0.15, -0.1) is 10.2 Å². The van der Waals surface area contributed by atoms with Crippen LogP contribution >= 0.6 is 0 Å². The van der Waals surface area contributed by atoms with Crippen molar-refractivity contribution in [2.75, 3.05) is 5.32 Å². The monoisotopic (exact) mass is 193 g/mol. The molecule has 0 saturated carbocycles. The molecule has 2 N–H and O–H groups in total. The number of tetrazole rings is 1. The first-order valence-electron chi connectivity index (χ1n) is 3.79. The smallest absolute Gasteiger partial charge is 0.297 e. The fraction of sp³-hybridized carbons (Fsp3) is 0.167. The number of aromatic nitrogens is 6. The van der Waals surface area contributed by atoms with Gasteiger partial charge in [-0.1, -0.05) is 0 Å². The Morgan fingerprint density at radius 1 is 1.64 bits per heavy atom. The average molecular weight is 193 g/mol. The number of aromatic amines is 1. The summed E-state index contributed by atoms with van der Waals surface area (Å²) in [4.78, 5) is 11.4. The molecule has 2 rings (SSSR count). The van der Waals surface area contributed by atoms with Crippen LogP contribution < -0.4 is 5.32 Å². The molecule has 0 aliphatic carbocycles.